The molecule has 28 heavy (non-hydrogen) atoms. The molecule has 2 rings (SSSR count). The number of carbonyl (C=O) groups is 2. The number of carbonyl (C=O) groups excluding carboxylic acids is 2. The van der Waals surface area contributed by atoms with E-state index in [1.165, 1.54) is 5.56 Å². The Morgan fingerprint density at radius 3 is 2.46 bits per heavy atom. The van der Waals surface area contributed by atoms with Gasteiger partial charge in [0.25, 0.3) is 0 Å². The molecule has 0 unspecified atom stereocenters. The average Bonchev–Trinajstić information content (AvgIpc) is 2.71. The molecule has 0 spiro atoms. The van der Waals surface area contributed by atoms with Gasteiger partial charge in [0, 0.05) is 47.2 Å². The molecular formula is C21H33N5O2. The van der Waals surface area contributed by atoms with Gasteiger partial charge >= 0.3 is 0 Å². The molecule has 154 valence electrons. The molecular weight excluding hydrogens is 354 g/mol. The van der Waals surface area contributed by atoms with Crippen LogP contribution in [0.1, 0.15) is 24.8 Å². The first-order valence-electron chi connectivity index (χ1n) is 9.97. The fraction of sp³-hybridized carbons (Fsp3) is 0.571. The van der Waals surface area contributed by atoms with Gasteiger partial charge in [-0.05, 0) is 30.7 Å². The van der Waals surface area contributed by atoms with Crippen LogP contribution in [0.3, 0.4) is 0 Å². The number of guanidine groups is 1. The summed E-state index contributed by atoms with van der Waals surface area (Å²) in [5.41, 5.74) is 1.27. The van der Waals surface area contributed by atoms with Crippen molar-refractivity contribution in [2.75, 3.05) is 47.3 Å². The lowest BCUT2D eigenvalue weighted by Gasteiger charge is -2.34. The Bertz CT molecular complexity index is 652. The van der Waals surface area contributed by atoms with Gasteiger partial charge in [-0.15, -0.1) is 0 Å². The third kappa shape index (κ3) is 7.21. The Morgan fingerprint density at radius 1 is 1.18 bits per heavy atom. The number of hydrogen-bond acceptors (Lipinski definition) is 3. The number of nitrogens with one attached hydrogen (secondary N) is 2. The Labute approximate surface area is 168 Å². The largest absolute Gasteiger partial charge is 0.359 e. The maximum atomic E-state index is 12.0. The van der Waals surface area contributed by atoms with E-state index in [9.17, 15) is 9.59 Å². The van der Waals surface area contributed by atoms with Crippen molar-refractivity contribution in [3.8, 4) is 0 Å². The molecule has 0 bridgehead atoms. The van der Waals surface area contributed by atoms with Crippen LogP contribution in [0.5, 0.6) is 0 Å². The van der Waals surface area contributed by atoms with E-state index in [0.29, 0.717) is 12.3 Å². The third-order valence-corrected chi connectivity index (χ3v) is 5.07. The van der Waals surface area contributed by atoms with Crippen molar-refractivity contribution in [2.24, 2.45) is 10.9 Å². The molecule has 1 aliphatic rings. The first-order valence-corrected chi connectivity index (χ1v) is 9.97. The molecule has 1 aromatic rings. The molecule has 0 radical (unpaired) electrons. The van der Waals surface area contributed by atoms with Gasteiger partial charge < -0.3 is 20.4 Å². The zero-order chi connectivity index (χ0) is 20.4. The summed E-state index contributed by atoms with van der Waals surface area (Å²) < 4.78 is 0. The molecule has 7 heteroatoms. The molecule has 0 aliphatic carbocycles. The molecule has 1 aromatic carbocycles. The van der Waals surface area contributed by atoms with Crippen molar-refractivity contribution >= 4 is 17.8 Å². The third-order valence-electron chi connectivity index (χ3n) is 5.07. The summed E-state index contributed by atoms with van der Waals surface area (Å²) in [4.78, 5) is 31.9. The monoisotopic (exact) mass is 387 g/mol. The van der Waals surface area contributed by atoms with Crippen molar-refractivity contribution in [2.45, 2.75) is 25.7 Å². The lowest BCUT2D eigenvalue weighted by atomic mass is 9.93. The predicted octanol–water partition coefficient (Wildman–Crippen LogP) is 1.11. The number of aliphatic imine (C=N–C) groups is 1. The van der Waals surface area contributed by atoms with Crippen molar-refractivity contribution in [1.82, 2.24) is 20.4 Å². The summed E-state index contributed by atoms with van der Waals surface area (Å²) in [6.45, 7) is 2.58. The number of nitrogens with zero attached hydrogens (tertiary/aromatic N) is 3. The Kier molecular flexibility index (Phi) is 8.78. The number of hydrogen-bond donors (Lipinski definition) is 2. The quantitative estimate of drug-likeness (QED) is 0.543. The molecule has 1 aliphatic heterocycles. The molecule has 0 atom stereocenters. The van der Waals surface area contributed by atoms with Crippen LogP contribution in [0.4, 0.5) is 0 Å². The zero-order valence-corrected chi connectivity index (χ0v) is 17.3. The van der Waals surface area contributed by atoms with E-state index in [1.807, 2.05) is 18.2 Å². The molecule has 1 fully saturated rings. The van der Waals surface area contributed by atoms with Crippen LogP contribution in [0.25, 0.3) is 0 Å². The minimum absolute atomic E-state index is 0.0168. The Morgan fingerprint density at radius 2 is 1.86 bits per heavy atom. The van der Waals surface area contributed by atoms with Crippen LogP contribution in [0.15, 0.2) is 35.3 Å². The zero-order valence-electron chi connectivity index (χ0n) is 17.3. The molecule has 0 saturated carbocycles. The molecule has 1 heterocycles. The Hall–Kier alpha value is -2.57. The van der Waals surface area contributed by atoms with Gasteiger partial charge in [0.05, 0.1) is 0 Å². The van der Waals surface area contributed by atoms with E-state index in [2.05, 4.69) is 32.7 Å². The van der Waals surface area contributed by atoms with Crippen LogP contribution in [-0.2, 0) is 16.0 Å². The lowest BCUT2D eigenvalue weighted by Crippen LogP contribution is -2.47. The molecule has 7 nitrogen and oxygen atoms in total. The fourth-order valence-corrected chi connectivity index (χ4v) is 3.23. The van der Waals surface area contributed by atoms with Gasteiger partial charge in [-0.2, -0.15) is 0 Å². The smallest absolute Gasteiger partial charge is 0.243 e. The van der Waals surface area contributed by atoms with Gasteiger partial charge in [-0.25, -0.2) is 4.99 Å². The van der Waals surface area contributed by atoms with Gasteiger partial charge in [0.1, 0.15) is 6.54 Å². The minimum Gasteiger partial charge on any atom is -0.359 e. The highest BCUT2D eigenvalue weighted by Gasteiger charge is 2.23. The summed E-state index contributed by atoms with van der Waals surface area (Å²) in [5, 5.41) is 6.13. The summed E-state index contributed by atoms with van der Waals surface area (Å²) >= 11 is 0. The van der Waals surface area contributed by atoms with Crippen LogP contribution >= 0.6 is 0 Å². The van der Waals surface area contributed by atoms with E-state index in [1.54, 1.807) is 26.0 Å². The number of rotatable bonds is 7. The summed E-state index contributed by atoms with van der Waals surface area (Å²) in [5.74, 6) is 1.27. The lowest BCUT2D eigenvalue weighted by molar-refractivity contribution is -0.127. The first kappa shape index (κ1) is 21.7. The second-order valence-electron chi connectivity index (χ2n) is 7.40. The van der Waals surface area contributed by atoms with E-state index in [-0.39, 0.29) is 18.4 Å². The maximum absolute atomic E-state index is 12.0. The Balaban J connectivity index is 1.93. The molecule has 2 N–H and O–H groups in total. The van der Waals surface area contributed by atoms with Crippen molar-refractivity contribution in [3.63, 3.8) is 0 Å². The van der Waals surface area contributed by atoms with Crippen LogP contribution in [0, 0.1) is 5.92 Å². The number of amides is 2. The van der Waals surface area contributed by atoms with Gasteiger partial charge in [-0.1, -0.05) is 30.3 Å². The van der Waals surface area contributed by atoms with E-state index in [4.69, 9.17) is 0 Å². The van der Waals surface area contributed by atoms with E-state index < -0.39 is 0 Å². The highest BCUT2D eigenvalue weighted by atomic mass is 16.2. The number of benzene rings is 1. The van der Waals surface area contributed by atoms with Gasteiger partial charge in [0.15, 0.2) is 5.96 Å². The van der Waals surface area contributed by atoms with E-state index in [0.717, 1.165) is 44.9 Å². The van der Waals surface area contributed by atoms with Gasteiger partial charge in [-0.3, -0.25) is 9.59 Å². The van der Waals surface area contributed by atoms with E-state index >= 15 is 0 Å². The predicted molar refractivity (Wildman–Crippen MR) is 112 cm³/mol. The topological polar surface area (TPSA) is 77.0 Å². The second kappa shape index (κ2) is 11.3. The van der Waals surface area contributed by atoms with Crippen LogP contribution in [-0.4, -0.2) is 74.9 Å². The standard InChI is InChI=1S/C21H33N5O2/c1-22-19(27)15-18-10-13-26(14-11-18)21(24-16-20(28)25(2)3)23-12-9-17-7-5-4-6-8-17/h4-8,18H,9-16H2,1-3H3,(H,22,27)(H,23,24). The average molecular weight is 388 g/mol. The number of piperidine rings is 1. The van der Waals surface area contributed by atoms with Crippen molar-refractivity contribution < 1.29 is 9.59 Å². The van der Waals surface area contributed by atoms with Gasteiger partial charge in [0.2, 0.25) is 11.8 Å². The molecule has 1 saturated heterocycles. The summed E-state index contributed by atoms with van der Waals surface area (Å²) in [7, 11) is 5.16. The summed E-state index contributed by atoms with van der Waals surface area (Å²) in [6, 6.07) is 10.3. The van der Waals surface area contributed by atoms with Crippen molar-refractivity contribution in [3.05, 3.63) is 35.9 Å². The minimum atomic E-state index is -0.0168. The van der Waals surface area contributed by atoms with Crippen LogP contribution < -0.4 is 10.6 Å². The molecule has 0 aromatic heterocycles. The highest BCUT2D eigenvalue weighted by Crippen LogP contribution is 2.20. The fourth-order valence-electron chi connectivity index (χ4n) is 3.23. The number of likely N-dealkylation sites (N-methyl/N-ethyl adjacent to an activating group) is 1. The normalized spacial score (nSPS) is 15.2. The SMILES string of the molecule is CNC(=O)CC1CCN(C(=NCC(=O)N(C)C)NCCc2ccccc2)CC1. The maximum Gasteiger partial charge on any atom is 0.243 e. The highest BCUT2D eigenvalue weighted by molar-refractivity contribution is 5.85. The van der Waals surface area contributed by atoms with Crippen molar-refractivity contribution in [1.29, 1.82) is 0 Å². The first-order chi connectivity index (χ1) is 13.5. The molecule has 2 amide bonds. The second-order valence-corrected chi connectivity index (χ2v) is 7.40. The number of likely N-dealkylation sites (tertiary alicyclic amines) is 1. The summed E-state index contributed by atoms with van der Waals surface area (Å²) in [6.07, 6.45) is 3.38. The van der Waals surface area contributed by atoms with Crippen LogP contribution in [0.2, 0.25) is 0 Å².